The number of rotatable bonds is 6. The molecule has 3 aromatic rings. The van der Waals surface area contributed by atoms with Crippen molar-refractivity contribution in [2.45, 2.75) is 58.4 Å². The summed E-state index contributed by atoms with van der Waals surface area (Å²) < 4.78 is 7.34. The van der Waals surface area contributed by atoms with Crippen molar-refractivity contribution in [3.05, 3.63) is 70.9 Å². The van der Waals surface area contributed by atoms with Crippen LogP contribution >= 0.6 is 0 Å². The molecule has 29 heavy (non-hydrogen) atoms. The summed E-state index contributed by atoms with van der Waals surface area (Å²) in [5.74, 6) is 0.602. The van der Waals surface area contributed by atoms with Crippen LogP contribution in [0.3, 0.4) is 0 Å². The summed E-state index contributed by atoms with van der Waals surface area (Å²) in [6.07, 6.45) is 9.19. The second-order valence-electron chi connectivity index (χ2n) is 8.39. The van der Waals surface area contributed by atoms with E-state index in [2.05, 4.69) is 35.8 Å². The molecule has 1 fully saturated rings. The van der Waals surface area contributed by atoms with Crippen LogP contribution in [0.4, 0.5) is 0 Å². The van der Waals surface area contributed by atoms with Crippen LogP contribution in [-0.4, -0.2) is 17.6 Å². The van der Waals surface area contributed by atoms with Gasteiger partial charge >= 0.3 is 5.97 Å². The zero-order chi connectivity index (χ0) is 20.2. The molecule has 0 unspecified atom stereocenters. The molecule has 0 radical (unpaired) electrons. The molecule has 1 aliphatic carbocycles. The number of esters is 1. The van der Waals surface area contributed by atoms with E-state index in [1.54, 1.807) is 0 Å². The van der Waals surface area contributed by atoms with Gasteiger partial charge in [-0.25, -0.2) is 4.79 Å². The molecule has 0 spiro atoms. The van der Waals surface area contributed by atoms with Gasteiger partial charge in [0.15, 0.2) is 0 Å². The molecule has 4 rings (SSSR count). The van der Waals surface area contributed by atoms with Crippen LogP contribution in [0.5, 0.6) is 0 Å². The van der Waals surface area contributed by atoms with Crippen molar-refractivity contribution in [2.24, 2.45) is 5.92 Å². The number of methoxy groups -OCH3 is 1. The maximum Gasteiger partial charge on any atom is 0.337 e. The molecule has 1 heterocycles. The van der Waals surface area contributed by atoms with Crippen molar-refractivity contribution in [1.82, 2.24) is 4.57 Å². The summed E-state index contributed by atoms with van der Waals surface area (Å²) in [6.45, 7) is 3.37. The highest BCUT2D eigenvalue weighted by molar-refractivity contribution is 5.89. The number of ether oxygens (including phenoxy) is 1. The topological polar surface area (TPSA) is 31.2 Å². The van der Waals surface area contributed by atoms with Crippen LogP contribution in [0.25, 0.3) is 10.9 Å². The summed E-state index contributed by atoms with van der Waals surface area (Å²) in [7, 11) is 1.42. The first-order chi connectivity index (χ1) is 14.2. The van der Waals surface area contributed by atoms with Gasteiger partial charge in [-0.05, 0) is 55.0 Å². The minimum Gasteiger partial charge on any atom is -0.465 e. The zero-order valence-electron chi connectivity index (χ0n) is 17.6. The van der Waals surface area contributed by atoms with E-state index < -0.39 is 0 Å². The lowest BCUT2D eigenvalue weighted by Crippen LogP contribution is -2.11. The van der Waals surface area contributed by atoms with Gasteiger partial charge in [0.05, 0.1) is 12.7 Å². The number of nitrogens with zero attached hydrogens (tertiary/aromatic N) is 1. The Morgan fingerprint density at radius 1 is 1.03 bits per heavy atom. The molecule has 0 N–H and O–H groups in total. The maximum absolute atomic E-state index is 11.7. The lowest BCUT2D eigenvalue weighted by Gasteiger charge is -2.22. The molecule has 3 heteroatoms. The van der Waals surface area contributed by atoms with Gasteiger partial charge in [0.25, 0.3) is 0 Å². The van der Waals surface area contributed by atoms with E-state index in [4.69, 9.17) is 4.74 Å². The van der Waals surface area contributed by atoms with Gasteiger partial charge < -0.3 is 9.30 Å². The predicted molar refractivity (Wildman–Crippen MR) is 118 cm³/mol. The Balaban J connectivity index is 1.59. The second-order valence-corrected chi connectivity index (χ2v) is 8.39. The number of hydrogen-bond acceptors (Lipinski definition) is 2. The van der Waals surface area contributed by atoms with E-state index in [1.165, 1.54) is 73.4 Å². The minimum absolute atomic E-state index is 0.285. The monoisotopic (exact) mass is 389 g/mol. The second kappa shape index (κ2) is 8.86. The Bertz CT molecular complexity index is 978. The summed E-state index contributed by atoms with van der Waals surface area (Å²) >= 11 is 0. The fourth-order valence-electron chi connectivity index (χ4n) is 4.88. The van der Waals surface area contributed by atoms with E-state index in [9.17, 15) is 4.79 Å². The molecule has 1 aromatic heterocycles. The van der Waals surface area contributed by atoms with Crippen LogP contribution in [0.1, 0.15) is 65.7 Å². The van der Waals surface area contributed by atoms with E-state index in [1.807, 2.05) is 24.3 Å². The summed E-state index contributed by atoms with van der Waals surface area (Å²) in [5, 5.41) is 1.35. The highest BCUT2D eigenvalue weighted by Gasteiger charge is 2.17. The van der Waals surface area contributed by atoms with Crippen LogP contribution in [0.2, 0.25) is 0 Å². The van der Waals surface area contributed by atoms with Gasteiger partial charge in [0, 0.05) is 23.1 Å². The van der Waals surface area contributed by atoms with E-state index in [0.717, 1.165) is 18.9 Å². The fourth-order valence-corrected chi connectivity index (χ4v) is 4.88. The largest absolute Gasteiger partial charge is 0.465 e. The Hall–Kier alpha value is -2.55. The van der Waals surface area contributed by atoms with Crippen LogP contribution < -0.4 is 0 Å². The number of carbonyl (C=O) groups is 1. The highest BCUT2D eigenvalue weighted by Crippen LogP contribution is 2.31. The number of carbonyl (C=O) groups excluding carboxylic acids is 1. The lowest BCUT2D eigenvalue weighted by atomic mass is 9.87. The molecule has 2 aromatic carbocycles. The standard InChI is InChI=1S/C26H31NO2/c1-19-24(18-21-12-14-22(15-13-21)26(28)29-2)23-10-6-7-11-25(23)27(19)17-16-20-8-4-3-5-9-20/h6-7,10-15,20H,3-5,8-9,16-18H2,1-2H3. The molecule has 152 valence electrons. The van der Waals surface area contributed by atoms with Crippen molar-refractivity contribution < 1.29 is 9.53 Å². The molecule has 0 amide bonds. The average Bonchev–Trinajstić information content (AvgIpc) is 3.04. The zero-order valence-corrected chi connectivity index (χ0v) is 17.6. The first kappa shape index (κ1) is 19.8. The number of fused-ring (bicyclic) bond motifs is 1. The molecule has 0 bridgehead atoms. The van der Waals surface area contributed by atoms with Crippen LogP contribution in [-0.2, 0) is 17.7 Å². The fraction of sp³-hybridized carbons (Fsp3) is 0.423. The molecule has 1 aliphatic rings. The van der Waals surface area contributed by atoms with Crippen molar-refractivity contribution >= 4 is 16.9 Å². The van der Waals surface area contributed by atoms with Gasteiger partial charge in [0.2, 0.25) is 0 Å². The molecule has 0 saturated heterocycles. The molecule has 1 saturated carbocycles. The third kappa shape index (κ3) is 4.24. The first-order valence-electron chi connectivity index (χ1n) is 10.9. The van der Waals surface area contributed by atoms with Crippen molar-refractivity contribution in [2.75, 3.05) is 7.11 Å². The van der Waals surface area contributed by atoms with Crippen LogP contribution in [0, 0.1) is 12.8 Å². The molecule has 0 atom stereocenters. The molecule has 3 nitrogen and oxygen atoms in total. The number of aryl methyl sites for hydroxylation is 1. The lowest BCUT2D eigenvalue weighted by molar-refractivity contribution is 0.0600. The van der Waals surface area contributed by atoms with E-state index >= 15 is 0 Å². The number of hydrogen-bond donors (Lipinski definition) is 0. The average molecular weight is 390 g/mol. The van der Waals surface area contributed by atoms with Crippen molar-refractivity contribution in [3.63, 3.8) is 0 Å². The third-order valence-electron chi connectivity index (χ3n) is 6.60. The Labute approximate surface area is 173 Å². The molecule has 0 aliphatic heterocycles. The highest BCUT2D eigenvalue weighted by atomic mass is 16.5. The minimum atomic E-state index is -0.285. The smallest absolute Gasteiger partial charge is 0.337 e. The maximum atomic E-state index is 11.7. The summed E-state index contributed by atoms with van der Waals surface area (Å²) in [4.78, 5) is 11.7. The Morgan fingerprint density at radius 2 is 1.76 bits per heavy atom. The van der Waals surface area contributed by atoms with Gasteiger partial charge in [0.1, 0.15) is 0 Å². The summed E-state index contributed by atoms with van der Waals surface area (Å²) in [6, 6.07) is 16.6. The van der Waals surface area contributed by atoms with E-state index in [-0.39, 0.29) is 5.97 Å². The normalized spacial score (nSPS) is 15.0. The number of para-hydroxylation sites is 1. The van der Waals surface area contributed by atoms with Gasteiger partial charge in [-0.15, -0.1) is 0 Å². The predicted octanol–water partition coefficient (Wildman–Crippen LogP) is 6.30. The summed E-state index contributed by atoms with van der Waals surface area (Å²) in [5.41, 5.74) is 5.94. The number of aromatic nitrogens is 1. The molecular weight excluding hydrogens is 358 g/mol. The van der Waals surface area contributed by atoms with Crippen molar-refractivity contribution in [3.8, 4) is 0 Å². The quantitative estimate of drug-likeness (QED) is 0.463. The Kier molecular flexibility index (Phi) is 6.03. The van der Waals surface area contributed by atoms with Crippen LogP contribution in [0.15, 0.2) is 48.5 Å². The van der Waals surface area contributed by atoms with Gasteiger partial charge in [-0.1, -0.05) is 62.4 Å². The third-order valence-corrected chi connectivity index (χ3v) is 6.60. The van der Waals surface area contributed by atoms with Gasteiger partial charge in [-0.2, -0.15) is 0 Å². The Morgan fingerprint density at radius 3 is 2.48 bits per heavy atom. The molecular formula is C26H31NO2. The SMILES string of the molecule is COC(=O)c1ccc(Cc2c(C)n(CCC3CCCCC3)c3ccccc23)cc1. The van der Waals surface area contributed by atoms with Gasteiger partial charge in [-0.3, -0.25) is 0 Å². The van der Waals surface area contributed by atoms with Crippen molar-refractivity contribution in [1.29, 1.82) is 0 Å². The van der Waals surface area contributed by atoms with E-state index in [0.29, 0.717) is 5.56 Å². The first-order valence-corrected chi connectivity index (χ1v) is 10.9. The number of benzene rings is 2.